The Kier molecular flexibility index (Phi) is 6.59. The van der Waals surface area contributed by atoms with Gasteiger partial charge in [-0.1, -0.05) is 18.7 Å². The Morgan fingerprint density at radius 2 is 2.00 bits per heavy atom. The molecule has 2 saturated heterocycles. The molecule has 0 spiro atoms. The summed E-state index contributed by atoms with van der Waals surface area (Å²) in [4.78, 5) is 18.7. The van der Waals surface area contributed by atoms with E-state index in [1.54, 1.807) is 12.1 Å². The molecule has 0 radical (unpaired) electrons. The van der Waals surface area contributed by atoms with Crippen LogP contribution < -0.4 is 0 Å². The van der Waals surface area contributed by atoms with Crippen molar-refractivity contribution in [2.75, 3.05) is 39.4 Å². The normalized spacial score (nSPS) is 19.1. The van der Waals surface area contributed by atoms with Crippen molar-refractivity contribution in [2.45, 2.75) is 12.5 Å². The number of aromatic nitrogens is 3. The zero-order valence-corrected chi connectivity index (χ0v) is 17.4. The molecule has 0 saturated carbocycles. The van der Waals surface area contributed by atoms with E-state index in [-0.39, 0.29) is 11.7 Å². The summed E-state index contributed by atoms with van der Waals surface area (Å²) in [6, 6.07) is 11.4. The highest BCUT2D eigenvalue weighted by atomic mass is 16.5. The average Bonchev–Trinajstić information content (AvgIpc) is 3.49. The van der Waals surface area contributed by atoms with Gasteiger partial charge in [0.2, 0.25) is 5.91 Å². The molecular formula is C23H27N5O3. The first-order chi connectivity index (χ1) is 15.2. The molecule has 31 heavy (non-hydrogen) atoms. The summed E-state index contributed by atoms with van der Waals surface area (Å²) in [6.45, 7) is 8.89. The largest absolute Gasteiger partial charge is 0.507 e. The summed E-state index contributed by atoms with van der Waals surface area (Å²) < 4.78 is 5.32. The fourth-order valence-electron chi connectivity index (χ4n) is 3.99. The highest BCUT2D eigenvalue weighted by Gasteiger charge is 2.30. The summed E-state index contributed by atoms with van der Waals surface area (Å²) in [7, 11) is 0. The smallest absolute Gasteiger partial charge is 0.246 e. The van der Waals surface area contributed by atoms with Crippen molar-refractivity contribution in [3.8, 4) is 17.0 Å². The van der Waals surface area contributed by atoms with Crippen LogP contribution in [0, 0.1) is 0 Å². The number of aromatic hydroxyl groups is 1. The number of rotatable bonds is 3. The molecule has 0 aliphatic carbocycles. The number of fused-ring (bicyclic) bond motifs is 1. The maximum absolute atomic E-state index is 11.4. The number of phenolic OH excluding ortho intramolecular Hbond substituents is 1. The predicted octanol–water partition coefficient (Wildman–Crippen LogP) is 2.44. The Hall–Kier alpha value is -3.23. The zero-order valence-electron chi connectivity index (χ0n) is 17.4. The molecule has 2 aliphatic rings. The molecule has 1 atom stereocenters. The van der Waals surface area contributed by atoms with Crippen molar-refractivity contribution in [1.29, 1.82) is 0 Å². The number of likely N-dealkylation sites (tertiary alicyclic amines) is 1. The van der Waals surface area contributed by atoms with Gasteiger partial charge >= 0.3 is 0 Å². The van der Waals surface area contributed by atoms with Gasteiger partial charge in [0.25, 0.3) is 0 Å². The van der Waals surface area contributed by atoms with Crippen molar-refractivity contribution in [3.05, 3.63) is 55.3 Å². The Morgan fingerprint density at radius 1 is 1.19 bits per heavy atom. The lowest BCUT2D eigenvalue weighted by atomic mass is 10.1. The number of para-hydroxylation sites is 1. The van der Waals surface area contributed by atoms with Gasteiger partial charge in [-0.25, -0.2) is 0 Å². The fourth-order valence-corrected chi connectivity index (χ4v) is 3.99. The molecule has 8 heteroatoms. The number of amides is 1. The summed E-state index contributed by atoms with van der Waals surface area (Å²) in [5, 5.41) is 18.8. The topological polar surface area (TPSA) is 94.6 Å². The lowest BCUT2D eigenvalue weighted by Crippen LogP contribution is -2.45. The second-order valence-corrected chi connectivity index (χ2v) is 7.61. The minimum Gasteiger partial charge on any atom is -0.507 e. The van der Waals surface area contributed by atoms with E-state index in [9.17, 15) is 9.90 Å². The van der Waals surface area contributed by atoms with Crippen LogP contribution >= 0.6 is 0 Å². The second-order valence-electron chi connectivity index (χ2n) is 7.61. The van der Waals surface area contributed by atoms with Crippen LogP contribution in [0.1, 0.15) is 6.42 Å². The van der Waals surface area contributed by atoms with E-state index in [2.05, 4.69) is 26.7 Å². The van der Waals surface area contributed by atoms with E-state index in [0.717, 1.165) is 56.8 Å². The molecule has 2 aliphatic heterocycles. The van der Waals surface area contributed by atoms with Gasteiger partial charge in [-0.05, 0) is 36.8 Å². The highest BCUT2D eigenvalue weighted by molar-refractivity contribution is 5.87. The van der Waals surface area contributed by atoms with Crippen LogP contribution in [0.3, 0.4) is 0 Å². The van der Waals surface area contributed by atoms with E-state index < -0.39 is 0 Å². The number of morpholine rings is 1. The highest BCUT2D eigenvalue weighted by Crippen LogP contribution is 2.27. The standard InChI is InChI=1S/C12H9N3O.C11H18N2O2/c16-11-4-2-1-3-9(11)10-7-8-5-6-13-12(8)15-14-10;1-2-11(14)13-4-3-10(9-13)12-5-7-15-8-6-12/h1-7,16H,(H,13,15);2,10H,1,3-9H2. The Labute approximate surface area is 181 Å². The summed E-state index contributed by atoms with van der Waals surface area (Å²) in [6.07, 6.45) is 4.30. The maximum atomic E-state index is 11.4. The summed E-state index contributed by atoms with van der Waals surface area (Å²) in [5.41, 5.74) is 2.11. The first-order valence-corrected chi connectivity index (χ1v) is 10.5. The molecule has 2 aromatic heterocycles. The first kappa shape index (κ1) is 21.0. The predicted molar refractivity (Wildman–Crippen MR) is 119 cm³/mol. The van der Waals surface area contributed by atoms with Crippen molar-refractivity contribution < 1.29 is 14.6 Å². The lowest BCUT2D eigenvalue weighted by molar-refractivity contribution is -0.125. The summed E-state index contributed by atoms with van der Waals surface area (Å²) >= 11 is 0. The maximum Gasteiger partial charge on any atom is 0.246 e. The number of H-pyrrole nitrogens is 1. The molecule has 162 valence electrons. The van der Waals surface area contributed by atoms with Crippen molar-refractivity contribution in [2.24, 2.45) is 0 Å². The zero-order chi connectivity index (χ0) is 21.6. The van der Waals surface area contributed by atoms with Crippen LogP contribution in [0.25, 0.3) is 22.3 Å². The van der Waals surface area contributed by atoms with Crippen LogP contribution in [0.5, 0.6) is 5.75 Å². The number of hydrogen-bond donors (Lipinski definition) is 2. The molecule has 1 aromatic carbocycles. The lowest BCUT2D eigenvalue weighted by Gasteiger charge is -2.31. The Morgan fingerprint density at radius 3 is 2.77 bits per heavy atom. The molecule has 1 amide bonds. The number of carbonyl (C=O) groups excluding carboxylic acids is 1. The number of nitrogens with one attached hydrogen (secondary N) is 1. The minimum absolute atomic E-state index is 0.0609. The third-order valence-electron chi connectivity index (χ3n) is 5.70. The Bertz CT molecular complexity index is 1040. The third kappa shape index (κ3) is 4.92. The van der Waals surface area contributed by atoms with E-state index in [0.29, 0.717) is 17.3 Å². The second kappa shape index (κ2) is 9.72. The quantitative estimate of drug-likeness (QED) is 0.631. The van der Waals surface area contributed by atoms with Gasteiger partial charge in [-0.15, -0.1) is 10.2 Å². The van der Waals surface area contributed by atoms with Gasteiger partial charge in [-0.2, -0.15) is 0 Å². The molecule has 2 fully saturated rings. The number of aromatic amines is 1. The molecule has 3 aromatic rings. The van der Waals surface area contributed by atoms with Crippen LogP contribution in [-0.4, -0.2) is 81.4 Å². The van der Waals surface area contributed by atoms with E-state index >= 15 is 0 Å². The van der Waals surface area contributed by atoms with Crippen LogP contribution in [0.2, 0.25) is 0 Å². The van der Waals surface area contributed by atoms with Gasteiger partial charge in [0.05, 0.1) is 18.9 Å². The van der Waals surface area contributed by atoms with Gasteiger partial charge < -0.3 is 19.7 Å². The number of hydrogen-bond acceptors (Lipinski definition) is 6. The molecule has 2 N–H and O–H groups in total. The van der Waals surface area contributed by atoms with Crippen molar-refractivity contribution in [1.82, 2.24) is 25.0 Å². The molecule has 1 unspecified atom stereocenters. The van der Waals surface area contributed by atoms with Crippen LogP contribution in [-0.2, 0) is 9.53 Å². The van der Waals surface area contributed by atoms with Crippen LogP contribution in [0.15, 0.2) is 55.3 Å². The molecule has 8 nitrogen and oxygen atoms in total. The monoisotopic (exact) mass is 421 g/mol. The number of carbonyl (C=O) groups is 1. The summed E-state index contributed by atoms with van der Waals surface area (Å²) in [5.74, 6) is 0.275. The minimum atomic E-state index is 0.0609. The third-order valence-corrected chi connectivity index (χ3v) is 5.70. The van der Waals surface area contributed by atoms with Gasteiger partial charge in [0, 0.05) is 49.4 Å². The van der Waals surface area contributed by atoms with Gasteiger partial charge in [0.15, 0.2) is 5.65 Å². The SMILES string of the molecule is C=CC(=O)N1CCC(N2CCOCC2)C1.Oc1ccccc1-c1cc2cc[nH]c2nn1. The van der Waals surface area contributed by atoms with Gasteiger partial charge in [0.1, 0.15) is 5.75 Å². The Balaban J connectivity index is 0.000000150. The number of nitrogens with zero attached hydrogens (tertiary/aromatic N) is 4. The van der Waals surface area contributed by atoms with Crippen LogP contribution in [0.4, 0.5) is 0 Å². The first-order valence-electron chi connectivity index (χ1n) is 10.5. The van der Waals surface area contributed by atoms with Crippen molar-refractivity contribution in [3.63, 3.8) is 0 Å². The van der Waals surface area contributed by atoms with Gasteiger partial charge in [-0.3, -0.25) is 9.69 Å². The van der Waals surface area contributed by atoms with Crippen molar-refractivity contribution >= 4 is 16.9 Å². The molecule has 0 bridgehead atoms. The number of benzene rings is 1. The number of ether oxygens (including phenoxy) is 1. The number of phenols is 1. The molecule has 4 heterocycles. The van der Waals surface area contributed by atoms with E-state index in [4.69, 9.17) is 4.74 Å². The molecular weight excluding hydrogens is 394 g/mol. The average molecular weight is 422 g/mol. The van der Waals surface area contributed by atoms with E-state index in [1.807, 2.05) is 35.4 Å². The fraction of sp³-hybridized carbons (Fsp3) is 0.348. The van der Waals surface area contributed by atoms with E-state index in [1.165, 1.54) is 6.08 Å². The molecule has 5 rings (SSSR count).